The van der Waals surface area contributed by atoms with E-state index in [1.165, 1.54) is 12.3 Å². The predicted octanol–water partition coefficient (Wildman–Crippen LogP) is 3.01. The van der Waals surface area contributed by atoms with Gasteiger partial charge in [-0.25, -0.2) is 4.39 Å². The molecule has 2 aliphatic heterocycles. The number of nitrogens with zero attached hydrogens (tertiary/aromatic N) is 3. The van der Waals surface area contributed by atoms with Crippen LogP contribution in [0.2, 0.25) is 0 Å². The maximum absolute atomic E-state index is 13.4. The lowest BCUT2D eigenvalue weighted by molar-refractivity contribution is -0.135. The Morgan fingerprint density at radius 3 is 2.45 bits per heavy atom. The van der Waals surface area contributed by atoms with E-state index < -0.39 is 0 Å². The lowest BCUT2D eigenvalue weighted by atomic mass is 9.90. The van der Waals surface area contributed by atoms with Crippen molar-refractivity contribution in [2.45, 2.75) is 25.8 Å². The van der Waals surface area contributed by atoms with Gasteiger partial charge in [0.05, 0.1) is 6.26 Å². The van der Waals surface area contributed by atoms with Crippen molar-refractivity contribution < 1.29 is 18.4 Å². The second kappa shape index (κ2) is 8.11. The lowest BCUT2D eigenvalue weighted by Crippen LogP contribution is -2.49. The van der Waals surface area contributed by atoms with Crippen molar-refractivity contribution >= 4 is 11.8 Å². The molecule has 2 aromatic rings. The average Bonchev–Trinajstić information content (AvgIpc) is 3.20. The Morgan fingerprint density at radius 1 is 1.00 bits per heavy atom. The topological polar surface area (TPSA) is 57.0 Å². The SMILES string of the molecule is O=C(c1ccco1)N1CCC2(CC1)C[C@@H]2C(=O)N1CCN(Cc2cccc(F)c2)CC1. The minimum absolute atomic E-state index is 0.0576. The number of carbonyl (C=O) groups is 2. The molecule has 7 heteroatoms. The van der Waals surface area contributed by atoms with Gasteiger partial charge in [-0.2, -0.15) is 0 Å². The maximum atomic E-state index is 13.4. The number of piperidine rings is 1. The Bertz CT molecular complexity index is 945. The number of hydrogen-bond acceptors (Lipinski definition) is 4. The Balaban J connectivity index is 1.10. The number of furan rings is 1. The highest BCUT2D eigenvalue weighted by Crippen LogP contribution is 2.60. The molecule has 1 aromatic heterocycles. The normalized spacial score (nSPS) is 23.2. The molecule has 164 valence electrons. The highest BCUT2D eigenvalue weighted by atomic mass is 19.1. The van der Waals surface area contributed by atoms with Crippen LogP contribution in [-0.2, 0) is 11.3 Å². The van der Waals surface area contributed by atoms with Crippen molar-refractivity contribution in [1.29, 1.82) is 0 Å². The van der Waals surface area contributed by atoms with E-state index in [1.54, 1.807) is 24.3 Å². The van der Waals surface area contributed by atoms with Crippen LogP contribution in [0.4, 0.5) is 4.39 Å². The van der Waals surface area contributed by atoms with Crippen LogP contribution >= 0.6 is 0 Å². The molecule has 1 saturated carbocycles. The molecule has 6 nitrogen and oxygen atoms in total. The van der Waals surface area contributed by atoms with Gasteiger partial charge in [0.25, 0.3) is 5.91 Å². The molecule has 1 aliphatic carbocycles. The summed E-state index contributed by atoms with van der Waals surface area (Å²) in [7, 11) is 0. The fourth-order valence-corrected chi connectivity index (χ4v) is 5.20. The second-order valence-corrected chi connectivity index (χ2v) is 9.12. The quantitative estimate of drug-likeness (QED) is 0.756. The van der Waals surface area contributed by atoms with E-state index >= 15 is 0 Å². The van der Waals surface area contributed by atoms with E-state index in [9.17, 15) is 14.0 Å². The van der Waals surface area contributed by atoms with Crippen molar-refractivity contribution in [2.75, 3.05) is 39.3 Å². The van der Waals surface area contributed by atoms with Gasteiger partial charge in [-0.3, -0.25) is 14.5 Å². The molecule has 0 unspecified atom stereocenters. The van der Waals surface area contributed by atoms with E-state index in [0.717, 1.165) is 51.0 Å². The largest absolute Gasteiger partial charge is 0.459 e. The fraction of sp³-hybridized carbons (Fsp3) is 0.500. The first-order valence-electron chi connectivity index (χ1n) is 11.1. The Morgan fingerprint density at radius 2 is 1.77 bits per heavy atom. The zero-order valence-electron chi connectivity index (χ0n) is 17.6. The maximum Gasteiger partial charge on any atom is 0.289 e. The molecule has 3 fully saturated rings. The van der Waals surface area contributed by atoms with Gasteiger partial charge in [-0.05, 0) is 54.5 Å². The summed E-state index contributed by atoms with van der Waals surface area (Å²) in [4.78, 5) is 31.7. The van der Waals surface area contributed by atoms with Gasteiger partial charge in [0.15, 0.2) is 5.76 Å². The molecule has 1 atom stereocenters. The van der Waals surface area contributed by atoms with Crippen LogP contribution < -0.4 is 0 Å². The van der Waals surface area contributed by atoms with Gasteiger partial charge >= 0.3 is 0 Å². The number of hydrogen-bond donors (Lipinski definition) is 0. The van der Waals surface area contributed by atoms with E-state index in [0.29, 0.717) is 25.4 Å². The van der Waals surface area contributed by atoms with Crippen molar-refractivity contribution in [2.24, 2.45) is 11.3 Å². The third kappa shape index (κ3) is 4.11. The van der Waals surface area contributed by atoms with Gasteiger partial charge in [0, 0.05) is 51.7 Å². The summed E-state index contributed by atoms with van der Waals surface area (Å²) in [5.41, 5.74) is 1.05. The molecule has 0 radical (unpaired) electrons. The molecule has 0 N–H and O–H groups in total. The van der Waals surface area contributed by atoms with Gasteiger partial charge in [0.2, 0.25) is 5.91 Å². The number of likely N-dealkylation sites (tertiary alicyclic amines) is 1. The number of rotatable bonds is 4. The average molecular weight is 426 g/mol. The van der Waals surface area contributed by atoms with Crippen LogP contribution in [0.3, 0.4) is 0 Å². The molecular formula is C24H28FN3O3. The first kappa shape index (κ1) is 20.2. The third-order valence-corrected chi connectivity index (χ3v) is 7.25. The molecule has 1 spiro atoms. The number of halogens is 1. The Kier molecular flexibility index (Phi) is 5.30. The van der Waals surface area contributed by atoms with Crippen LogP contribution in [0.1, 0.15) is 35.4 Å². The first-order valence-corrected chi connectivity index (χ1v) is 11.1. The van der Waals surface area contributed by atoms with Gasteiger partial charge < -0.3 is 14.2 Å². The van der Waals surface area contributed by atoms with Gasteiger partial charge in [-0.1, -0.05) is 12.1 Å². The highest BCUT2D eigenvalue weighted by molar-refractivity contribution is 5.91. The third-order valence-electron chi connectivity index (χ3n) is 7.25. The van der Waals surface area contributed by atoms with Crippen LogP contribution in [0.25, 0.3) is 0 Å². The summed E-state index contributed by atoms with van der Waals surface area (Å²) < 4.78 is 18.6. The minimum Gasteiger partial charge on any atom is -0.459 e. The molecule has 5 rings (SSSR count). The number of carbonyl (C=O) groups excluding carboxylic acids is 2. The smallest absolute Gasteiger partial charge is 0.289 e. The zero-order chi connectivity index (χ0) is 21.4. The fourth-order valence-electron chi connectivity index (χ4n) is 5.20. The summed E-state index contributed by atoms with van der Waals surface area (Å²) in [6.07, 6.45) is 4.23. The van der Waals surface area contributed by atoms with Crippen molar-refractivity contribution in [3.63, 3.8) is 0 Å². The summed E-state index contributed by atoms with van der Waals surface area (Å²) in [5.74, 6) is 0.495. The standard InChI is InChI=1S/C24H28FN3O3/c25-19-4-1-3-18(15-19)17-26-10-12-28(13-11-26)22(29)20-16-24(20)6-8-27(9-7-24)23(30)21-5-2-14-31-21/h1-5,14-15,20H,6-13,16-17H2/t20-/m1/s1. The molecule has 2 saturated heterocycles. The molecule has 3 aliphatic rings. The molecule has 0 bridgehead atoms. The number of amides is 2. The summed E-state index contributed by atoms with van der Waals surface area (Å²) >= 11 is 0. The number of piperazine rings is 1. The van der Waals surface area contributed by atoms with Gasteiger partial charge in [-0.15, -0.1) is 0 Å². The van der Waals surface area contributed by atoms with Crippen LogP contribution in [-0.4, -0.2) is 65.8 Å². The lowest BCUT2D eigenvalue weighted by Gasteiger charge is -2.36. The van der Waals surface area contributed by atoms with Crippen molar-refractivity contribution in [3.05, 3.63) is 59.8 Å². The van der Waals surface area contributed by atoms with E-state index in [-0.39, 0.29) is 29.0 Å². The van der Waals surface area contributed by atoms with Crippen LogP contribution in [0.5, 0.6) is 0 Å². The minimum atomic E-state index is -0.206. The predicted molar refractivity (Wildman–Crippen MR) is 113 cm³/mol. The van der Waals surface area contributed by atoms with Crippen molar-refractivity contribution in [3.8, 4) is 0 Å². The zero-order valence-corrected chi connectivity index (χ0v) is 17.6. The molecular weight excluding hydrogens is 397 g/mol. The Labute approximate surface area is 181 Å². The summed E-state index contributed by atoms with van der Waals surface area (Å²) in [6, 6.07) is 10.1. The number of benzene rings is 1. The molecule has 2 amide bonds. The summed E-state index contributed by atoms with van der Waals surface area (Å²) in [6.45, 7) is 5.16. The highest BCUT2D eigenvalue weighted by Gasteiger charge is 2.59. The van der Waals surface area contributed by atoms with Crippen molar-refractivity contribution in [1.82, 2.24) is 14.7 Å². The van der Waals surface area contributed by atoms with Crippen LogP contribution in [0, 0.1) is 17.2 Å². The van der Waals surface area contributed by atoms with E-state index in [4.69, 9.17) is 4.42 Å². The summed E-state index contributed by atoms with van der Waals surface area (Å²) in [5, 5.41) is 0. The first-order chi connectivity index (χ1) is 15.0. The molecule has 3 heterocycles. The Hall–Kier alpha value is -2.67. The van der Waals surface area contributed by atoms with E-state index in [2.05, 4.69) is 4.90 Å². The second-order valence-electron chi connectivity index (χ2n) is 9.12. The monoisotopic (exact) mass is 425 g/mol. The van der Waals surface area contributed by atoms with E-state index in [1.807, 2.05) is 15.9 Å². The van der Waals surface area contributed by atoms with Gasteiger partial charge in [0.1, 0.15) is 5.82 Å². The van der Waals surface area contributed by atoms with Crippen LogP contribution in [0.15, 0.2) is 47.1 Å². The molecule has 1 aromatic carbocycles. The molecule has 31 heavy (non-hydrogen) atoms.